The van der Waals surface area contributed by atoms with Gasteiger partial charge in [-0.05, 0) is 29.3 Å². The van der Waals surface area contributed by atoms with Crippen molar-refractivity contribution < 1.29 is 13.2 Å². The average Bonchev–Trinajstić information content (AvgIpc) is 2.97. The quantitative estimate of drug-likeness (QED) is 0.808. The predicted octanol–water partition coefficient (Wildman–Crippen LogP) is 2.10. The Balaban J connectivity index is 1.58. The molecule has 2 fully saturated rings. The summed E-state index contributed by atoms with van der Waals surface area (Å²) in [5, 5.41) is 2.21. The lowest BCUT2D eigenvalue weighted by Gasteiger charge is -2.44. The van der Waals surface area contributed by atoms with Crippen LogP contribution in [0.5, 0.6) is 0 Å². The highest BCUT2D eigenvalue weighted by Gasteiger charge is 2.47. The van der Waals surface area contributed by atoms with Crippen molar-refractivity contribution in [2.75, 3.05) is 31.1 Å². The molecule has 0 bridgehead atoms. The maximum absolute atomic E-state index is 13.1. The molecule has 2 atom stereocenters. The molecule has 2 aliphatic heterocycles. The maximum Gasteiger partial charge on any atom is 0.227 e. The molecule has 0 saturated carbocycles. The third-order valence-electron chi connectivity index (χ3n) is 5.84. The fourth-order valence-electron chi connectivity index (χ4n) is 4.61. The van der Waals surface area contributed by atoms with E-state index in [0.717, 1.165) is 35.8 Å². The summed E-state index contributed by atoms with van der Waals surface area (Å²) < 4.78 is 24.6. The number of rotatable bonds is 4. The van der Waals surface area contributed by atoms with Gasteiger partial charge in [0.15, 0.2) is 9.84 Å². The molecule has 0 aliphatic carbocycles. The highest BCUT2D eigenvalue weighted by Crippen LogP contribution is 2.28. The number of piperazine rings is 1. The predicted molar refractivity (Wildman–Crippen MR) is 107 cm³/mol. The minimum atomic E-state index is -3.09. The second-order valence-electron chi connectivity index (χ2n) is 7.65. The van der Waals surface area contributed by atoms with Crippen LogP contribution in [0, 0.1) is 0 Å². The molecule has 27 heavy (non-hydrogen) atoms. The van der Waals surface area contributed by atoms with Crippen molar-refractivity contribution in [2.24, 2.45) is 0 Å². The molecular weight excluding hydrogens is 360 g/mol. The van der Waals surface area contributed by atoms with E-state index in [1.165, 1.54) is 0 Å². The number of hydrogen-bond acceptors (Lipinski definition) is 4. The Labute approximate surface area is 160 Å². The number of carbonyl (C=O) groups is 1. The number of sulfone groups is 1. The fourth-order valence-corrected chi connectivity index (χ4v) is 6.62. The Morgan fingerprint density at radius 2 is 1.78 bits per heavy atom. The van der Waals surface area contributed by atoms with Gasteiger partial charge in [-0.3, -0.25) is 9.69 Å². The first kappa shape index (κ1) is 18.4. The molecular formula is C21H26N2O3S. The zero-order valence-corrected chi connectivity index (χ0v) is 16.5. The molecule has 0 spiro atoms. The number of benzene rings is 2. The SMILES string of the molecule is CCCN1CCN(C(=O)Cc2cccc3ccccc23)[C@H]2CS(=O)(=O)C[C@H]21. The molecule has 0 N–H and O–H groups in total. The third-order valence-corrected chi connectivity index (χ3v) is 7.54. The highest BCUT2D eigenvalue weighted by atomic mass is 32.2. The van der Waals surface area contributed by atoms with Gasteiger partial charge in [-0.1, -0.05) is 49.4 Å². The topological polar surface area (TPSA) is 57.7 Å². The first-order valence-electron chi connectivity index (χ1n) is 9.69. The number of fused-ring (bicyclic) bond motifs is 2. The first-order valence-corrected chi connectivity index (χ1v) is 11.5. The molecule has 2 aromatic carbocycles. The zero-order chi connectivity index (χ0) is 19.0. The van der Waals surface area contributed by atoms with Crippen molar-refractivity contribution >= 4 is 26.5 Å². The van der Waals surface area contributed by atoms with Crippen LogP contribution in [0.4, 0.5) is 0 Å². The van der Waals surface area contributed by atoms with E-state index >= 15 is 0 Å². The van der Waals surface area contributed by atoms with E-state index in [4.69, 9.17) is 0 Å². The van der Waals surface area contributed by atoms with E-state index in [0.29, 0.717) is 13.0 Å². The average molecular weight is 387 g/mol. The van der Waals surface area contributed by atoms with Crippen molar-refractivity contribution in [2.45, 2.75) is 31.8 Å². The summed E-state index contributed by atoms with van der Waals surface area (Å²) >= 11 is 0. The smallest absolute Gasteiger partial charge is 0.227 e. The lowest BCUT2D eigenvalue weighted by Crippen LogP contribution is -2.60. The summed E-state index contributed by atoms with van der Waals surface area (Å²) in [4.78, 5) is 17.2. The maximum atomic E-state index is 13.1. The van der Waals surface area contributed by atoms with Crippen LogP contribution in [0.1, 0.15) is 18.9 Å². The summed E-state index contributed by atoms with van der Waals surface area (Å²) in [5.74, 6) is 0.309. The van der Waals surface area contributed by atoms with Crippen LogP contribution in [0.15, 0.2) is 42.5 Å². The van der Waals surface area contributed by atoms with Gasteiger partial charge in [0.05, 0.1) is 24.0 Å². The van der Waals surface area contributed by atoms with Crippen LogP contribution in [0.3, 0.4) is 0 Å². The van der Waals surface area contributed by atoms with E-state index in [9.17, 15) is 13.2 Å². The molecule has 2 aliphatic rings. The van der Waals surface area contributed by atoms with Crippen LogP contribution in [-0.2, 0) is 21.1 Å². The standard InChI is InChI=1S/C21H26N2O3S/c1-2-10-22-11-12-23(20-15-27(25,26)14-19(20)22)21(24)13-17-8-5-7-16-6-3-4-9-18(16)17/h3-9,19-20H,2,10-15H2,1H3/t19-,20+/m1/s1. The molecule has 0 unspecified atom stereocenters. The van der Waals surface area contributed by atoms with Crippen LogP contribution in [-0.4, -0.2) is 67.3 Å². The van der Waals surface area contributed by atoms with Gasteiger partial charge in [0.25, 0.3) is 0 Å². The van der Waals surface area contributed by atoms with Crippen molar-refractivity contribution in [1.29, 1.82) is 0 Å². The molecule has 0 aromatic heterocycles. The van der Waals surface area contributed by atoms with Gasteiger partial charge in [-0.2, -0.15) is 0 Å². The van der Waals surface area contributed by atoms with Gasteiger partial charge in [0.2, 0.25) is 5.91 Å². The van der Waals surface area contributed by atoms with Crippen molar-refractivity contribution in [1.82, 2.24) is 9.80 Å². The van der Waals surface area contributed by atoms with Crippen LogP contribution >= 0.6 is 0 Å². The van der Waals surface area contributed by atoms with Crippen LogP contribution < -0.4 is 0 Å². The molecule has 2 heterocycles. The Morgan fingerprint density at radius 1 is 1.04 bits per heavy atom. The summed E-state index contributed by atoms with van der Waals surface area (Å²) in [6.07, 6.45) is 1.31. The highest BCUT2D eigenvalue weighted by molar-refractivity contribution is 7.91. The molecule has 144 valence electrons. The lowest BCUT2D eigenvalue weighted by molar-refractivity contribution is -0.136. The molecule has 2 aromatic rings. The summed E-state index contributed by atoms with van der Waals surface area (Å²) in [6.45, 7) is 4.37. The first-order chi connectivity index (χ1) is 13.0. The van der Waals surface area contributed by atoms with E-state index in [1.54, 1.807) is 0 Å². The second-order valence-corrected chi connectivity index (χ2v) is 9.80. The van der Waals surface area contributed by atoms with Crippen molar-refractivity contribution in [3.8, 4) is 0 Å². The molecule has 4 rings (SSSR count). The number of hydrogen-bond donors (Lipinski definition) is 0. The minimum absolute atomic E-state index is 0.0367. The summed E-state index contributed by atoms with van der Waals surface area (Å²) in [7, 11) is -3.09. The second kappa shape index (κ2) is 7.24. The van der Waals surface area contributed by atoms with Crippen molar-refractivity contribution in [3.05, 3.63) is 48.0 Å². The normalized spacial score (nSPS) is 24.9. The van der Waals surface area contributed by atoms with Crippen LogP contribution in [0.25, 0.3) is 10.8 Å². The lowest BCUT2D eigenvalue weighted by atomic mass is 9.99. The van der Waals surface area contributed by atoms with Gasteiger partial charge in [-0.25, -0.2) is 8.42 Å². The Kier molecular flexibility index (Phi) is 4.95. The van der Waals surface area contributed by atoms with E-state index in [-0.39, 0.29) is 29.5 Å². The monoisotopic (exact) mass is 386 g/mol. The summed E-state index contributed by atoms with van der Waals surface area (Å²) in [5.41, 5.74) is 1.01. The molecule has 5 nitrogen and oxygen atoms in total. The number of amides is 1. The van der Waals surface area contributed by atoms with Gasteiger partial charge in [0, 0.05) is 19.1 Å². The van der Waals surface area contributed by atoms with Gasteiger partial charge < -0.3 is 4.90 Å². The Morgan fingerprint density at radius 3 is 2.59 bits per heavy atom. The third kappa shape index (κ3) is 3.60. The molecule has 0 radical (unpaired) electrons. The minimum Gasteiger partial charge on any atom is -0.336 e. The molecule has 1 amide bonds. The molecule has 2 saturated heterocycles. The number of carbonyl (C=O) groups excluding carboxylic acids is 1. The van der Waals surface area contributed by atoms with Crippen molar-refractivity contribution in [3.63, 3.8) is 0 Å². The van der Waals surface area contributed by atoms with Gasteiger partial charge in [-0.15, -0.1) is 0 Å². The van der Waals surface area contributed by atoms with E-state index in [1.807, 2.05) is 47.4 Å². The van der Waals surface area contributed by atoms with E-state index in [2.05, 4.69) is 11.8 Å². The summed E-state index contributed by atoms with van der Waals surface area (Å²) in [6, 6.07) is 13.8. The van der Waals surface area contributed by atoms with Crippen LogP contribution in [0.2, 0.25) is 0 Å². The molecule has 6 heteroatoms. The Hall–Kier alpha value is -1.92. The largest absolute Gasteiger partial charge is 0.336 e. The van der Waals surface area contributed by atoms with Gasteiger partial charge in [0.1, 0.15) is 0 Å². The zero-order valence-electron chi connectivity index (χ0n) is 15.7. The number of nitrogens with zero attached hydrogens (tertiary/aromatic N) is 2. The Bertz CT molecular complexity index is 952. The van der Waals surface area contributed by atoms with E-state index < -0.39 is 9.84 Å². The fraction of sp³-hybridized carbons (Fsp3) is 0.476. The van der Waals surface area contributed by atoms with Gasteiger partial charge >= 0.3 is 0 Å².